The molecule has 0 atom stereocenters. The predicted molar refractivity (Wildman–Crippen MR) is 101 cm³/mol. The summed E-state index contributed by atoms with van der Waals surface area (Å²) >= 11 is 0. The van der Waals surface area contributed by atoms with Gasteiger partial charge in [-0.3, -0.25) is 4.79 Å². The van der Waals surface area contributed by atoms with Gasteiger partial charge in [0.25, 0.3) is 5.91 Å². The lowest BCUT2D eigenvalue weighted by molar-refractivity contribution is 0.102. The number of benzene rings is 2. The number of nitrogens with one attached hydrogen (secondary N) is 1. The van der Waals surface area contributed by atoms with Gasteiger partial charge < -0.3 is 9.84 Å². The van der Waals surface area contributed by atoms with E-state index >= 15 is 0 Å². The summed E-state index contributed by atoms with van der Waals surface area (Å²) in [4.78, 5) is 16.7. The number of carbonyl (C=O) groups is 1. The van der Waals surface area contributed by atoms with Crippen LogP contribution in [0.2, 0.25) is 0 Å². The molecule has 0 bridgehead atoms. The molecule has 7 nitrogen and oxygen atoms in total. The van der Waals surface area contributed by atoms with Crippen molar-refractivity contribution >= 4 is 11.6 Å². The number of amides is 1. The molecule has 0 radical (unpaired) electrons. The van der Waals surface area contributed by atoms with Gasteiger partial charge in [0, 0.05) is 18.7 Å². The Morgan fingerprint density at radius 1 is 1.11 bits per heavy atom. The summed E-state index contributed by atoms with van der Waals surface area (Å²) in [5.41, 5.74) is 2.59. The molecule has 0 aliphatic heterocycles. The highest BCUT2D eigenvalue weighted by atomic mass is 19.1. The average Bonchev–Trinajstić information content (AvgIpc) is 3.30. The molecule has 0 spiro atoms. The molecule has 1 N–H and O–H groups in total. The molecule has 0 fully saturated rings. The molecule has 4 aromatic rings. The molecular weight excluding hydrogens is 361 g/mol. The van der Waals surface area contributed by atoms with Gasteiger partial charge in [0.05, 0.1) is 22.6 Å². The van der Waals surface area contributed by atoms with Gasteiger partial charge >= 0.3 is 0 Å². The van der Waals surface area contributed by atoms with Crippen molar-refractivity contribution in [3.05, 3.63) is 77.7 Å². The van der Waals surface area contributed by atoms with E-state index in [0.717, 1.165) is 11.3 Å². The molecule has 2 aromatic carbocycles. The Balaban J connectivity index is 1.57. The van der Waals surface area contributed by atoms with Crippen LogP contribution in [0.4, 0.5) is 10.1 Å². The van der Waals surface area contributed by atoms with Crippen LogP contribution in [0.25, 0.3) is 17.1 Å². The van der Waals surface area contributed by atoms with Gasteiger partial charge in [0.2, 0.25) is 11.7 Å². The number of halogens is 1. The minimum absolute atomic E-state index is 0.124. The van der Waals surface area contributed by atoms with Crippen LogP contribution in [0.1, 0.15) is 21.9 Å². The smallest absolute Gasteiger partial charge is 0.259 e. The van der Waals surface area contributed by atoms with E-state index in [1.54, 1.807) is 36.9 Å². The number of carbonyl (C=O) groups excluding carboxylic acids is 1. The molecule has 28 heavy (non-hydrogen) atoms. The quantitative estimate of drug-likeness (QED) is 0.582. The van der Waals surface area contributed by atoms with Crippen LogP contribution in [0, 0.1) is 19.7 Å². The number of hydrogen-bond acceptors (Lipinski definition) is 5. The largest absolute Gasteiger partial charge is 0.339 e. The highest BCUT2D eigenvalue weighted by molar-refractivity contribution is 6.05. The number of hydrogen-bond donors (Lipinski definition) is 1. The lowest BCUT2D eigenvalue weighted by Crippen LogP contribution is -2.13. The maximum Gasteiger partial charge on any atom is 0.259 e. The van der Waals surface area contributed by atoms with Gasteiger partial charge in [-0.25, -0.2) is 9.07 Å². The molecule has 8 heteroatoms. The number of aromatic nitrogens is 4. The Hall–Kier alpha value is -3.81. The highest BCUT2D eigenvalue weighted by Crippen LogP contribution is 2.20. The predicted octanol–water partition coefficient (Wildman–Crippen LogP) is 3.93. The first kappa shape index (κ1) is 17.6. The lowest BCUT2D eigenvalue weighted by atomic mass is 10.2. The summed E-state index contributed by atoms with van der Waals surface area (Å²) < 4.78 is 20.3. The zero-order valence-corrected chi connectivity index (χ0v) is 15.2. The van der Waals surface area contributed by atoms with Gasteiger partial charge in [-0.05, 0) is 43.3 Å². The topological polar surface area (TPSA) is 85.8 Å². The second kappa shape index (κ2) is 7.07. The van der Waals surface area contributed by atoms with E-state index in [1.807, 2.05) is 24.3 Å². The zero-order valence-electron chi connectivity index (χ0n) is 15.2. The van der Waals surface area contributed by atoms with Crippen molar-refractivity contribution in [2.24, 2.45) is 0 Å². The second-order valence-electron chi connectivity index (χ2n) is 6.19. The average molecular weight is 377 g/mol. The first-order valence-corrected chi connectivity index (χ1v) is 8.54. The summed E-state index contributed by atoms with van der Waals surface area (Å²) in [6, 6.07) is 13.4. The van der Waals surface area contributed by atoms with Crippen LogP contribution in [-0.4, -0.2) is 25.8 Å². The maximum atomic E-state index is 13.8. The third-order valence-corrected chi connectivity index (χ3v) is 4.18. The van der Waals surface area contributed by atoms with E-state index in [0.29, 0.717) is 23.0 Å². The summed E-state index contributed by atoms with van der Waals surface area (Å²) in [5.74, 6) is 0.0823. The molecule has 0 unspecified atom stereocenters. The van der Waals surface area contributed by atoms with Gasteiger partial charge in [-0.15, -0.1) is 0 Å². The van der Waals surface area contributed by atoms with Crippen LogP contribution in [0.15, 0.2) is 59.3 Å². The van der Waals surface area contributed by atoms with Gasteiger partial charge in [-0.1, -0.05) is 17.3 Å². The minimum atomic E-state index is -0.492. The molecule has 0 saturated carbocycles. The Bertz CT molecular complexity index is 1150. The van der Waals surface area contributed by atoms with Crippen molar-refractivity contribution < 1.29 is 13.7 Å². The van der Waals surface area contributed by atoms with E-state index in [-0.39, 0.29) is 5.69 Å². The normalized spacial score (nSPS) is 10.8. The first-order valence-electron chi connectivity index (χ1n) is 8.54. The number of para-hydroxylation sites is 1. The summed E-state index contributed by atoms with van der Waals surface area (Å²) in [6.07, 6.45) is 1.61. The summed E-state index contributed by atoms with van der Waals surface area (Å²) in [7, 11) is 0. The molecule has 0 aliphatic rings. The zero-order chi connectivity index (χ0) is 19.7. The van der Waals surface area contributed by atoms with E-state index < -0.39 is 11.7 Å². The number of anilines is 1. The van der Waals surface area contributed by atoms with Crippen LogP contribution < -0.4 is 5.32 Å². The Kier molecular flexibility index (Phi) is 4.44. The lowest BCUT2D eigenvalue weighted by Gasteiger charge is -2.05. The van der Waals surface area contributed by atoms with Gasteiger partial charge in [-0.2, -0.15) is 10.1 Å². The summed E-state index contributed by atoms with van der Waals surface area (Å²) in [6.45, 7) is 3.45. The molecule has 2 aromatic heterocycles. The first-order chi connectivity index (χ1) is 13.5. The fourth-order valence-corrected chi connectivity index (χ4v) is 2.75. The van der Waals surface area contributed by atoms with Gasteiger partial charge in [0.1, 0.15) is 5.82 Å². The van der Waals surface area contributed by atoms with Crippen LogP contribution in [0.5, 0.6) is 0 Å². The third kappa shape index (κ3) is 3.39. The molecule has 140 valence electrons. The van der Waals surface area contributed by atoms with Crippen molar-refractivity contribution in [1.82, 2.24) is 19.9 Å². The van der Waals surface area contributed by atoms with Crippen LogP contribution in [-0.2, 0) is 0 Å². The van der Waals surface area contributed by atoms with Gasteiger partial charge in [0.15, 0.2) is 0 Å². The second-order valence-corrected chi connectivity index (χ2v) is 6.19. The Labute approximate surface area is 159 Å². The van der Waals surface area contributed by atoms with Crippen molar-refractivity contribution in [2.45, 2.75) is 13.8 Å². The standard InChI is InChI=1S/C20H16FN5O2/c1-12-16(20(27)23-18-6-4-3-5-17(18)21)11-26(24-12)15-9-7-14(8-10-15)19-22-13(2)28-25-19/h3-11H,1-2H3,(H,23,27). The van der Waals surface area contributed by atoms with Crippen molar-refractivity contribution in [3.8, 4) is 17.1 Å². The van der Waals surface area contributed by atoms with E-state index in [2.05, 4.69) is 20.6 Å². The fourth-order valence-electron chi connectivity index (χ4n) is 2.75. The van der Waals surface area contributed by atoms with Crippen molar-refractivity contribution in [2.75, 3.05) is 5.32 Å². The molecule has 4 rings (SSSR count). The van der Waals surface area contributed by atoms with Crippen molar-refractivity contribution in [1.29, 1.82) is 0 Å². The monoisotopic (exact) mass is 377 g/mol. The highest BCUT2D eigenvalue weighted by Gasteiger charge is 2.16. The number of rotatable bonds is 4. The molecule has 0 saturated heterocycles. The molecular formula is C20H16FN5O2. The fraction of sp³-hybridized carbons (Fsp3) is 0.100. The maximum absolute atomic E-state index is 13.8. The number of nitrogens with zero attached hydrogens (tertiary/aromatic N) is 4. The number of aryl methyl sites for hydroxylation is 2. The van der Waals surface area contributed by atoms with E-state index in [1.165, 1.54) is 12.1 Å². The van der Waals surface area contributed by atoms with Crippen LogP contribution in [0.3, 0.4) is 0 Å². The molecule has 0 aliphatic carbocycles. The molecule has 1 amide bonds. The van der Waals surface area contributed by atoms with Crippen molar-refractivity contribution in [3.63, 3.8) is 0 Å². The SMILES string of the molecule is Cc1nc(-c2ccc(-n3cc(C(=O)Nc4ccccc4F)c(C)n3)cc2)no1. The Morgan fingerprint density at radius 3 is 2.54 bits per heavy atom. The minimum Gasteiger partial charge on any atom is -0.339 e. The van der Waals surface area contributed by atoms with E-state index in [4.69, 9.17) is 4.52 Å². The molecule has 2 heterocycles. The Morgan fingerprint density at radius 2 is 1.86 bits per heavy atom. The van der Waals surface area contributed by atoms with Crippen LogP contribution >= 0.6 is 0 Å². The van der Waals surface area contributed by atoms with E-state index in [9.17, 15) is 9.18 Å². The third-order valence-electron chi connectivity index (χ3n) is 4.18. The summed E-state index contributed by atoms with van der Waals surface area (Å²) in [5, 5.41) is 10.8.